The van der Waals surface area contributed by atoms with Crippen molar-refractivity contribution in [2.45, 2.75) is 44.1 Å². The average molecular weight is 467 g/mol. The van der Waals surface area contributed by atoms with E-state index in [1.165, 1.54) is 0 Å². The third-order valence-corrected chi connectivity index (χ3v) is 6.26. The molecule has 9 nitrogen and oxygen atoms in total. The van der Waals surface area contributed by atoms with Gasteiger partial charge in [-0.25, -0.2) is 4.79 Å². The molecule has 0 aliphatic carbocycles. The zero-order chi connectivity index (χ0) is 24.1. The van der Waals surface area contributed by atoms with E-state index in [4.69, 9.17) is 9.47 Å². The summed E-state index contributed by atoms with van der Waals surface area (Å²) < 4.78 is 12.1. The van der Waals surface area contributed by atoms with Gasteiger partial charge in [-0.1, -0.05) is 30.3 Å². The molecule has 4 amide bonds. The van der Waals surface area contributed by atoms with Crippen LogP contribution in [-0.4, -0.2) is 61.7 Å². The molecule has 2 aromatic carbocycles. The van der Waals surface area contributed by atoms with E-state index in [0.29, 0.717) is 36.4 Å². The number of hydrogen-bond donors (Lipinski definition) is 3. The van der Waals surface area contributed by atoms with E-state index in [9.17, 15) is 14.4 Å². The average Bonchev–Trinajstić information content (AvgIpc) is 2.86. The van der Waals surface area contributed by atoms with E-state index in [1.807, 2.05) is 30.3 Å². The number of hydrogen-bond acceptors (Lipinski definition) is 5. The topological polar surface area (TPSA) is 109 Å². The highest BCUT2D eigenvalue weighted by molar-refractivity contribution is 5.99. The fourth-order valence-corrected chi connectivity index (χ4v) is 4.37. The van der Waals surface area contributed by atoms with E-state index in [1.54, 1.807) is 37.2 Å². The second-order valence-electron chi connectivity index (χ2n) is 8.55. The summed E-state index contributed by atoms with van der Waals surface area (Å²) in [5.41, 5.74) is 1.87. The number of nitrogens with zero attached hydrogens (tertiary/aromatic N) is 1. The number of urea groups is 1. The molecule has 1 fully saturated rings. The molecular weight excluding hydrogens is 436 g/mol. The predicted octanol–water partition coefficient (Wildman–Crippen LogP) is 2.52. The first-order chi connectivity index (χ1) is 16.4. The van der Waals surface area contributed by atoms with E-state index in [0.717, 1.165) is 5.56 Å². The van der Waals surface area contributed by atoms with Gasteiger partial charge in [-0.3, -0.25) is 9.59 Å². The smallest absolute Gasteiger partial charge is 0.319 e. The molecule has 0 unspecified atom stereocenters. The number of ether oxygens (including phenoxy) is 2. The zero-order valence-electron chi connectivity index (χ0n) is 19.4. The molecule has 34 heavy (non-hydrogen) atoms. The van der Waals surface area contributed by atoms with Crippen LogP contribution in [0.4, 0.5) is 10.5 Å². The Morgan fingerprint density at radius 2 is 1.91 bits per heavy atom. The van der Waals surface area contributed by atoms with Crippen molar-refractivity contribution in [3.05, 3.63) is 59.7 Å². The minimum atomic E-state index is -0.362. The first-order valence-corrected chi connectivity index (χ1v) is 11.4. The summed E-state index contributed by atoms with van der Waals surface area (Å²) in [5.74, 6) is 0.159. The van der Waals surface area contributed by atoms with Gasteiger partial charge in [-0.05, 0) is 36.6 Å². The van der Waals surface area contributed by atoms with Crippen molar-refractivity contribution in [3.63, 3.8) is 0 Å². The maximum Gasteiger partial charge on any atom is 0.319 e. The normalized spacial score (nSPS) is 21.8. The van der Waals surface area contributed by atoms with Crippen molar-refractivity contribution in [1.29, 1.82) is 0 Å². The van der Waals surface area contributed by atoms with Gasteiger partial charge >= 0.3 is 6.03 Å². The summed E-state index contributed by atoms with van der Waals surface area (Å²) in [5, 5.41) is 8.21. The Morgan fingerprint density at radius 3 is 2.68 bits per heavy atom. The van der Waals surface area contributed by atoms with E-state index < -0.39 is 0 Å². The molecule has 0 spiro atoms. The number of nitrogens with one attached hydrogen (secondary N) is 3. The number of carbonyl (C=O) groups is 3. The number of likely N-dealkylation sites (N-methyl/N-ethyl adjacent to an activating group) is 1. The number of carbonyl (C=O) groups excluding carboxylic acids is 3. The zero-order valence-corrected chi connectivity index (χ0v) is 19.4. The number of fused-ring (bicyclic) bond motifs is 2. The largest absolute Gasteiger partial charge is 0.490 e. The number of rotatable bonds is 5. The predicted molar refractivity (Wildman–Crippen MR) is 127 cm³/mol. The number of amides is 4. The van der Waals surface area contributed by atoms with Gasteiger partial charge in [0, 0.05) is 26.3 Å². The van der Waals surface area contributed by atoms with Crippen molar-refractivity contribution in [2.24, 2.45) is 0 Å². The van der Waals surface area contributed by atoms with Crippen LogP contribution >= 0.6 is 0 Å². The van der Waals surface area contributed by atoms with Crippen molar-refractivity contribution in [3.8, 4) is 5.75 Å². The second kappa shape index (κ2) is 10.6. The van der Waals surface area contributed by atoms with Gasteiger partial charge in [-0.2, -0.15) is 0 Å². The number of benzene rings is 2. The minimum absolute atomic E-state index is 0.0715. The van der Waals surface area contributed by atoms with Gasteiger partial charge in [-0.15, -0.1) is 0 Å². The molecule has 0 aromatic heterocycles. The lowest BCUT2D eigenvalue weighted by Crippen LogP contribution is -2.53. The highest BCUT2D eigenvalue weighted by atomic mass is 16.5. The summed E-state index contributed by atoms with van der Waals surface area (Å²) in [6.45, 7) is 0.663. The van der Waals surface area contributed by atoms with Crippen molar-refractivity contribution in [2.75, 3.05) is 26.0 Å². The standard InChI is InChI=1S/C25H30N4O5/c1-26-23(30)13-18-9-10-20-22(34-18)15-33-21-11-8-17(12-19(21)24(31)29(20)2)28-25(32)27-14-16-6-4-3-5-7-16/h3-8,11-12,18,20,22H,9-10,13-15H2,1-2H3,(H,26,30)(H2,27,28,32)/t18-,20-,22-/m0/s1. The van der Waals surface area contributed by atoms with E-state index in [-0.39, 0.29) is 49.1 Å². The van der Waals surface area contributed by atoms with Crippen LogP contribution in [0.15, 0.2) is 48.5 Å². The van der Waals surface area contributed by atoms with Crippen LogP contribution in [0.3, 0.4) is 0 Å². The van der Waals surface area contributed by atoms with Crippen LogP contribution in [0.5, 0.6) is 5.75 Å². The molecule has 1 saturated heterocycles. The van der Waals surface area contributed by atoms with Crippen molar-refractivity contribution in [1.82, 2.24) is 15.5 Å². The first kappa shape index (κ1) is 23.6. The van der Waals surface area contributed by atoms with Gasteiger partial charge in [0.15, 0.2) is 0 Å². The molecule has 3 N–H and O–H groups in total. The second-order valence-corrected chi connectivity index (χ2v) is 8.55. The third-order valence-electron chi connectivity index (χ3n) is 6.26. The highest BCUT2D eigenvalue weighted by Crippen LogP contribution is 2.32. The van der Waals surface area contributed by atoms with Gasteiger partial charge in [0.25, 0.3) is 5.91 Å². The first-order valence-electron chi connectivity index (χ1n) is 11.4. The third kappa shape index (κ3) is 5.48. The molecule has 2 aromatic rings. The molecule has 2 aliphatic rings. The van der Waals surface area contributed by atoms with Crippen molar-refractivity contribution < 1.29 is 23.9 Å². The molecule has 0 bridgehead atoms. The number of anilines is 1. The van der Waals surface area contributed by atoms with Gasteiger partial charge < -0.3 is 30.3 Å². The quantitative estimate of drug-likeness (QED) is 0.628. The minimum Gasteiger partial charge on any atom is -0.490 e. The molecule has 9 heteroatoms. The van der Waals surface area contributed by atoms with Crippen LogP contribution in [-0.2, 0) is 16.1 Å². The van der Waals surface area contributed by atoms with Gasteiger partial charge in [0.1, 0.15) is 18.5 Å². The molecule has 2 aliphatic heterocycles. The maximum absolute atomic E-state index is 13.3. The molecule has 4 rings (SSSR count). The van der Waals surface area contributed by atoms with E-state index >= 15 is 0 Å². The lowest BCUT2D eigenvalue weighted by atomic mass is 9.94. The Bertz CT molecular complexity index is 1040. The summed E-state index contributed by atoms with van der Waals surface area (Å²) in [7, 11) is 3.36. The Balaban J connectivity index is 1.43. The molecule has 180 valence electrons. The fraction of sp³-hybridized carbons (Fsp3) is 0.400. The maximum atomic E-state index is 13.3. The van der Waals surface area contributed by atoms with Gasteiger partial charge in [0.2, 0.25) is 5.91 Å². The SMILES string of the molecule is CNC(=O)C[C@@H]1CC[C@H]2[C@H](COc3ccc(NC(=O)NCc4ccccc4)cc3C(=O)N2C)O1. The van der Waals surface area contributed by atoms with E-state index in [2.05, 4.69) is 16.0 Å². The van der Waals surface area contributed by atoms with Crippen LogP contribution in [0.2, 0.25) is 0 Å². The monoisotopic (exact) mass is 466 g/mol. The van der Waals surface area contributed by atoms with Crippen LogP contribution in [0.25, 0.3) is 0 Å². The van der Waals surface area contributed by atoms with Crippen LogP contribution in [0, 0.1) is 0 Å². The lowest BCUT2D eigenvalue weighted by molar-refractivity contribution is -0.133. The lowest BCUT2D eigenvalue weighted by Gasteiger charge is -2.42. The summed E-state index contributed by atoms with van der Waals surface area (Å²) in [6.07, 6.45) is 1.16. The summed E-state index contributed by atoms with van der Waals surface area (Å²) in [6, 6.07) is 14.1. The highest BCUT2D eigenvalue weighted by Gasteiger charge is 2.39. The Kier molecular flexibility index (Phi) is 7.32. The van der Waals surface area contributed by atoms with Gasteiger partial charge in [0.05, 0.1) is 24.1 Å². The Hall–Kier alpha value is -3.59. The van der Waals surface area contributed by atoms with Crippen LogP contribution in [0.1, 0.15) is 35.2 Å². The Morgan fingerprint density at radius 1 is 1.12 bits per heavy atom. The fourth-order valence-electron chi connectivity index (χ4n) is 4.37. The molecule has 3 atom stereocenters. The molecule has 0 saturated carbocycles. The van der Waals surface area contributed by atoms with Crippen molar-refractivity contribution >= 4 is 23.5 Å². The molecule has 2 heterocycles. The molecule has 0 radical (unpaired) electrons. The summed E-state index contributed by atoms with van der Waals surface area (Å²) in [4.78, 5) is 39.1. The van der Waals surface area contributed by atoms with Crippen LogP contribution < -0.4 is 20.7 Å². The molecular formula is C25H30N4O5. The Labute approximate surface area is 198 Å². The summed E-state index contributed by atoms with van der Waals surface area (Å²) >= 11 is 0.